The highest BCUT2D eigenvalue weighted by molar-refractivity contribution is 6.07. The molecule has 2 fully saturated rings. The van der Waals surface area contributed by atoms with E-state index in [0.717, 1.165) is 45.1 Å². The van der Waals surface area contributed by atoms with E-state index < -0.39 is 5.60 Å². The monoisotopic (exact) mass is 377 g/mol. The Hall–Kier alpha value is -1.40. The normalized spacial score (nSPS) is 26.5. The van der Waals surface area contributed by atoms with Crippen LogP contribution in [-0.4, -0.2) is 73.1 Å². The molecule has 3 aliphatic rings. The van der Waals surface area contributed by atoms with Crippen LogP contribution >= 0.6 is 0 Å². The van der Waals surface area contributed by atoms with Crippen molar-refractivity contribution in [1.29, 1.82) is 0 Å². The number of carbonyl (C=O) groups is 2. The maximum atomic E-state index is 12.9. The molecule has 3 heterocycles. The molecule has 152 valence electrons. The summed E-state index contributed by atoms with van der Waals surface area (Å²) in [6.07, 6.45) is 4.95. The molecular formula is C21H35N3O3. The van der Waals surface area contributed by atoms with Crippen molar-refractivity contribution in [3.05, 3.63) is 11.1 Å². The Morgan fingerprint density at radius 2 is 2.00 bits per heavy atom. The van der Waals surface area contributed by atoms with Gasteiger partial charge in [0.05, 0.1) is 5.57 Å². The van der Waals surface area contributed by atoms with Crippen molar-refractivity contribution in [1.82, 2.24) is 15.1 Å². The zero-order valence-electron chi connectivity index (χ0n) is 17.2. The average molecular weight is 378 g/mol. The summed E-state index contributed by atoms with van der Waals surface area (Å²) < 4.78 is 5.73. The maximum absolute atomic E-state index is 12.9. The third-order valence-electron chi connectivity index (χ3n) is 6.44. The minimum atomic E-state index is -0.709. The zero-order valence-corrected chi connectivity index (χ0v) is 17.2. The molecule has 1 N–H and O–H groups in total. The molecule has 1 atom stereocenters. The predicted molar refractivity (Wildman–Crippen MR) is 105 cm³/mol. The van der Waals surface area contributed by atoms with Crippen LogP contribution in [0.3, 0.4) is 0 Å². The third-order valence-corrected chi connectivity index (χ3v) is 6.44. The minimum Gasteiger partial charge on any atom is -0.450 e. The van der Waals surface area contributed by atoms with Gasteiger partial charge in [-0.15, -0.1) is 0 Å². The lowest BCUT2D eigenvalue weighted by molar-refractivity contribution is -0.150. The summed E-state index contributed by atoms with van der Waals surface area (Å²) >= 11 is 0. The Kier molecular flexibility index (Phi) is 6.58. The summed E-state index contributed by atoms with van der Waals surface area (Å²) in [6.45, 7) is 12.9. The smallest absolute Gasteiger partial charge is 0.335 e. The molecule has 6 heteroatoms. The van der Waals surface area contributed by atoms with Gasteiger partial charge in [0.2, 0.25) is 0 Å². The number of carbonyl (C=O) groups excluding carboxylic acids is 2. The van der Waals surface area contributed by atoms with E-state index in [0.29, 0.717) is 30.5 Å². The van der Waals surface area contributed by atoms with Crippen LogP contribution in [-0.2, 0) is 14.3 Å². The Labute approximate surface area is 163 Å². The van der Waals surface area contributed by atoms with Gasteiger partial charge < -0.3 is 19.9 Å². The van der Waals surface area contributed by atoms with E-state index in [1.807, 2.05) is 0 Å². The summed E-state index contributed by atoms with van der Waals surface area (Å²) in [4.78, 5) is 29.9. The average Bonchev–Trinajstić information content (AvgIpc) is 2.89. The summed E-state index contributed by atoms with van der Waals surface area (Å²) in [7, 11) is 0. The molecule has 0 aromatic rings. The second-order valence-corrected chi connectivity index (χ2v) is 8.48. The maximum Gasteiger partial charge on any atom is 0.335 e. The van der Waals surface area contributed by atoms with Gasteiger partial charge in [0.25, 0.3) is 5.91 Å². The van der Waals surface area contributed by atoms with Gasteiger partial charge in [0.1, 0.15) is 5.60 Å². The molecule has 6 nitrogen and oxygen atoms in total. The molecular weight excluding hydrogens is 342 g/mol. The van der Waals surface area contributed by atoms with Gasteiger partial charge in [0, 0.05) is 44.6 Å². The first-order chi connectivity index (χ1) is 12.9. The van der Waals surface area contributed by atoms with Crippen molar-refractivity contribution in [2.24, 2.45) is 5.92 Å². The van der Waals surface area contributed by atoms with Crippen LogP contribution in [0.15, 0.2) is 11.1 Å². The van der Waals surface area contributed by atoms with Crippen molar-refractivity contribution >= 4 is 11.9 Å². The number of ether oxygens (including phenoxy) is 1. The van der Waals surface area contributed by atoms with E-state index in [9.17, 15) is 9.59 Å². The number of nitrogens with one attached hydrogen (secondary N) is 1. The first-order valence-electron chi connectivity index (χ1n) is 10.6. The van der Waals surface area contributed by atoms with Gasteiger partial charge >= 0.3 is 5.97 Å². The van der Waals surface area contributed by atoms with Crippen LogP contribution in [0.5, 0.6) is 0 Å². The van der Waals surface area contributed by atoms with Gasteiger partial charge in [0.15, 0.2) is 0 Å². The second-order valence-electron chi connectivity index (χ2n) is 8.48. The van der Waals surface area contributed by atoms with Crippen LogP contribution in [0, 0.1) is 5.92 Å². The number of likely N-dealkylation sites (tertiary alicyclic amines) is 2. The highest BCUT2D eigenvalue weighted by Crippen LogP contribution is 2.40. The topological polar surface area (TPSA) is 61.9 Å². The SMILES string of the molecule is CCN1CCC2(CC1)OC(=O)C(C)=C2C(=O)NCCCN1CCCC(C)C1. The van der Waals surface area contributed by atoms with Crippen molar-refractivity contribution in [3.63, 3.8) is 0 Å². The van der Waals surface area contributed by atoms with E-state index in [4.69, 9.17) is 4.74 Å². The van der Waals surface area contributed by atoms with Crippen LogP contribution < -0.4 is 5.32 Å². The zero-order chi connectivity index (χ0) is 19.4. The molecule has 3 rings (SSSR count). The number of nitrogens with zero attached hydrogens (tertiary/aromatic N) is 2. The molecule has 0 aliphatic carbocycles. The fourth-order valence-corrected chi connectivity index (χ4v) is 4.79. The van der Waals surface area contributed by atoms with E-state index >= 15 is 0 Å². The molecule has 3 aliphatic heterocycles. The van der Waals surface area contributed by atoms with Crippen molar-refractivity contribution < 1.29 is 14.3 Å². The molecule has 0 aromatic carbocycles. The minimum absolute atomic E-state index is 0.115. The summed E-state index contributed by atoms with van der Waals surface area (Å²) in [6, 6.07) is 0. The summed E-state index contributed by atoms with van der Waals surface area (Å²) in [5, 5.41) is 3.05. The van der Waals surface area contributed by atoms with Crippen LogP contribution in [0.4, 0.5) is 0 Å². The molecule has 0 radical (unpaired) electrons. The highest BCUT2D eigenvalue weighted by Gasteiger charge is 2.50. The molecule has 2 saturated heterocycles. The number of amides is 1. The Morgan fingerprint density at radius 3 is 2.67 bits per heavy atom. The third kappa shape index (κ3) is 4.54. The Bertz CT molecular complexity index is 593. The quantitative estimate of drug-likeness (QED) is 0.566. The number of rotatable bonds is 6. The van der Waals surface area contributed by atoms with Crippen LogP contribution in [0.1, 0.15) is 52.9 Å². The highest BCUT2D eigenvalue weighted by atomic mass is 16.6. The summed E-state index contributed by atoms with van der Waals surface area (Å²) in [5.74, 6) is 0.333. The summed E-state index contributed by atoms with van der Waals surface area (Å²) in [5.41, 5.74) is 0.358. The fourth-order valence-electron chi connectivity index (χ4n) is 4.79. The van der Waals surface area contributed by atoms with Gasteiger partial charge in [-0.3, -0.25) is 4.79 Å². The largest absolute Gasteiger partial charge is 0.450 e. The molecule has 1 unspecified atom stereocenters. The van der Waals surface area contributed by atoms with Crippen molar-refractivity contribution in [3.8, 4) is 0 Å². The number of hydrogen-bond donors (Lipinski definition) is 1. The van der Waals surface area contributed by atoms with Gasteiger partial charge in [-0.25, -0.2) is 4.79 Å². The van der Waals surface area contributed by atoms with Gasteiger partial charge in [-0.2, -0.15) is 0 Å². The van der Waals surface area contributed by atoms with E-state index in [-0.39, 0.29) is 11.9 Å². The molecule has 1 spiro atoms. The van der Waals surface area contributed by atoms with Crippen molar-refractivity contribution in [2.75, 3.05) is 45.8 Å². The first-order valence-corrected chi connectivity index (χ1v) is 10.6. The first kappa shape index (κ1) is 20.3. The van der Waals surface area contributed by atoms with E-state index in [1.54, 1.807) is 6.92 Å². The Morgan fingerprint density at radius 1 is 1.26 bits per heavy atom. The van der Waals surface area contributed by atoms with Gasteiger partial charge in [-0.1, -0.05) is 13.8 Å². The number of hydrogen-bond acceptors (Lipinski definition) is 5. The van der Waals surface area contributed by atoms with Crippen LogP contribution in [0.25, 0.3) is 0 Å². The second kappa shape index (κ2) is 8.74. The standard InChI is InChI=1S/C21H35N3O3/c1-4-23-13-8-21(9-14-23)18(17(3)20(26)27-21)19(25)22-10-6-12-24-11-5-7-16(2)15-24/h16H,4-15H2,1-3H3,(H,22,25). The number of piperidine rings is 2. The van der Waals surface area contributed by atoms with Crippen molar-refractivity contribution in [2.45, 2.75) is 58.5 Å². The van der Waals surface area contributed by atoms with Crippen LogP contribution in [0.2, 0.25) is 0 Å². The lowest BCUT2D eigenvalue weighted by Gasteiger charge is -2.39. The molecule has 0 aromatic heterocycles. The van der Waals surface area contributed by atoms with Gasteiger partial charge in [-0.05, 0) is 51.7 Å². The molecule has 0 saturated carbocycles. The molecule has 1 amide bonds. The van der Waals surface area contributed by atoms with E-state index in [2.05, 4.69) is 29.0 Å². The fraction of sp³-hybridized carbons (Fsp3) is 0.810. The Balaban J connectivity index is 1.53. The lowest BCUT2D eigenvalue weighted by Crippen LogP contribution is -2.48. The number of esters is 1. The lowest BCUT2D eigenvalue weighted by atomic mass is 9.82. The molecule has 0 bridgehead atoms. The molecule has 27 heavy (non-hydrogen) atoms. The predicted octanol–water partition coefficient (Wildman–Crippen LogP) is 1.95. The van der Waals surface area contributed by atoms with E-state index in [1.165, 1.54) is 19.4 Å².